The third-order valence-corrected chi connectivity index (χ3v) is 5.25. The summed E-state index contributed by atoms with van der Waals surface area (Å²) in [6.07, 6.45) is 0. The summed E-state index contributed by atoms with van der Waals surface area (Å²) in [5, 5.41) is 11.2. The van der Waals surface area contributed by atoms with Crippen molar-refractivity contribution in [3.8, 4) is 5.75 Å². The van der Waals surface area contributed by atoms with Gasteiger partial charge in [0.05, 0.1) is 23.9 Å². The average Bonchev–Trinajstić information content (AvgIpc) is 3.29. The molecule has 2 heterocycles. The first-order chi connectivity index (χ1) is 15.2. The fraction of sp³-hybridized carbons (Fsp3) is 0.167. The number of carbonyl (C=O) groups excluding carboxylic acids is 2. The van der Waals surface area contributed by atoms with Gasteiger partial charge in [-0.1, -0.05) is 11.6 Å². The number of hydrogen-bond acceptors (Lipinski definition) is 5. The molecule has 0 bridgehead atoms. The van der Waals surface area contributed by atoms with Crippen molar-refractivity contribution in [3.05, 3.63) is 88.4 Å². The van der Waals surface area contributed by atoms with E-state index >= 15 is 0 Å². The standard InChI is InChI=1S/C24H19F2NO5/c1-12-4-8-18(31-3)15(10-12)22(28)20-21(19-9-5-13(2)32-19)27(24(30)23(20)29)17-7-6-14(25)11-16(17)26/h4-11,21,28H,1-3H3/b22-20-. The van der Waals surface area contributed by atoms with Crippen LogP contribution in [0.2, 0.25) is 0 Å². The van der Waals surface area contributed by atoms with E-state index in [1.807, 2.05) is 0 Å². The van der Waals surface area contributed by atoms with Gasteiger partial charge >= 0.3 is 0 Å². The Kier molecular flexibility index (Phi) is 5.30. The molecule has 6 nitrogen and oxygen atoms in total. The number of rotatable bonds is 4. The van der Waals surface area contributed by atoms with Gasteiger partial charge in [-0.15, -0.1) is 0 Å². The van der Waals surface area contributed by atoms with E-state index in [-0.39, 0.29) is 28.3 Å². The summed E-state index contributed by atoms with van der Waals surface area (Å²) < 4.78 is 39.1. The van der Waals surface area contributed by atoms with Crippen LogP contribution in [-0.4, -0.2) is 23.9 Å². The highest BCUT2D eigenvalue weighted by Crippen LogP contribution is 2.44. The molecule has 0 saturated carbocycles. The number of Topliss-reactive ketones (excluding diaryl/α,β-unsaturated/α-hetero) is 1. The number of halogens is 2. The second-order valence-electron chi connectivity index (χ2n) is 7.42. The van der Waals surface area contributed by atoms with Gasteiger partial charge < -0.3 is 14.3 Å². The van der Waals surface area contributed by atoms with E-state index in [1.165, 1.54) is 13.2 Å². The summed E-state index contributed by atoms with van der Waals surface area (Å²) in [6.45, 7) is 3.45. The summed E-state index contributed by atoms with van der Waals surface area (Å²) in [5.74, 6) is -3.57. The molecule has 1 fully saturated rings. The van der Waals surface area contributed by atoms with Gasteiger partial charge in [0, 0.05) is 6.07 Å². The fourth-order valence-corrected chi connectivity index (χ4v) is 3.78. The van der Waals surface area contributed by atoms with Crippen molar-refractivity contribution < 1.29 is 32.6 Å². The number of methoxy groups -OCH3 is 1. The van der Waals surface area contributed by atoms with Gasteiger partial charge in [-0.25, -0.2) is 8.78 Å². The van der Waals surface area contributed by atoms with Crippen molar-refractivity contribution in [3.63, 3.8) is 0 Å². The third-order valence-electron chi connectivity index (χ3n) is 5.25. The molecule has 1 aliphatic rings. The number of amides is 1. The Morgan fingerprint density at radius 3 is 2.44 bits per heavy atom. The number of furan rings is 1. The molecule has 3 aromatic rings. The second kappa shape index (κ2) is 7.96. The zero-order valence-corrected chi connectivity index (χ0v) is 17.5. The lowest BCUT2D eigenvalue weighted by Gasteiger charge is -2.24. The smallest absolute Gasteiger partial charge is 0.300 e. The van der Waals surface area contributed by atoms with Crippen LogP contribution >= 0.6 is 0 Å². The number of anilines is 1. The lowest BCUT2D eigenvalue weighted by molar-refractivity contribution is -0.132. The molecule has 1 amide bonds. The van der Waals surface area contributed by atoms with Crippen molar-refractivity contribution in [2.75, 3.05) is 12.0 Å². The second-order valence-corrected chi connectivity index (χ2v) is 7.42. The molecule has 4 rings (SSSR count). The van der Waals surface area contributed by atoms with Crippen LogP contribution in [-0.2, 0) is 9.59 Å². The van der Waals surface area contributed by atoms with Crippen molar-refractivity contribution >= 4 is 23.1 Å². The molecule has 1 N–H and O–H groups in total. The zero-order chi connectivity index (χ0) is 23.2. The monoisotopic (exact) mass is 439 g/mol. The van der Waals surface area contributed by atoms with E-state index < -0.39 is 35.1 Å². The molecule has 1 saturated heterocycles. The lowest BCUT2D eigenvalue weighted by Crippen LogP contribution is -2.30. The summed E-state index contributed by atoms with van der Waals surface area (Å²) in [4.78, 5) is 26.9. The molecule has 1 aliphatic heterocycles. The molecule has 2 aromatic carbocycles. The number of hydrogen-bond donors (Lipinski definition) is 1. The molecule has 32 heavy (non-hydrogen) atoms. The molecular formula is C24H19F2NO5. The Bertz CT molecular complexity index is 1280. The van der Waals surface area contributed by atoms with Crippen LogP contribution in [0.25, 0.3) is 5.76 Å². The first-order valence-corrected chi connectivity index (χ1v) is 9.70. The molecule has 1 unspecified atom stereocenters. The van der Waals surface area contributed by atoms with Crippen LogP contribution in [0.4, 0.5) is 14.5 Å². The number of nitrogens with zero attached hydrogens (tertiary/aromatic N) is 1. The van der Waals surface area contributed by atoms with E-state index in [0.29, 0.717) is 11.8 Å². The Morgan fingerprint density at radius 2 is 1.81 bits per heavy atom. The molecule has 0 spiro atoms. The van der Waals surface area contributed by atoms with Crippen LogP contribution in [0.15, 0.2) is 58.5 Å². The van der Waals surface area contributed by atoms with Gasteiger partial charge in [0.15, 0.2) is 0 Å². The largest absolute Gasteiger partial charge is 0.507 e. The minimum Gasteiger partial charge on any atom is -0.507 e. The van der Waals surface area contributed by atoms with Gasteiger partial charge in [0.25, 0.3) is 11.7 Å². The van der Waals surface area contributed by atoms with E-state index in [1.54, 1.807) is 38.1 Å². The SMILES string of the molecule is COc1ccc(C)cc1/C(O)=C1/C(=O)C(=O)N(c2ccc(F)cc2F)C1c1ccc(C)o1. The fourth-order valence-electron chi connectivity index (χ4n) is 3.78. The molecule has 8 heteroatoms. The van der Waals surface area contributed by atoms with Crippen molar-refractivity contribution in [1.82, 2.24) is 0 Å². The Labute approximate surface area is 182 Å². The molecular weight excluding hydrogens is 420 g/mol. The molecule has 0 radical (unpaired) electrons. The quantitative estimate of drug-likeness (QED) is 0.359. The van der Waals surface area contributed by atoms with Crippen molar-refractivity contribution in [2.24, 2.45) is 0 Å². The van der Waals surface area contributed by atoms with Crippen LogP contribution in [0, 0.1) is 25.5 Å². The van der Waals surface area contributed by atoms with E-state index in [2.05, 4.69) is 0 Å². The third kappa shape index (κ3) is 3.43. The number of ether oxygens (including phenoxy) is 1. The van der Waals surface area contributed by atoms with Gasteiger partial charge in [-0.05, 0) is 50.2 Å². The van der Waals surface area contributed by atoms with Crippen LogP contribution in [0.3, 0.4) is 0 Å². The number of aliphatic hydroxyl groups is 1. The predicted molar refractivity (Wildman–Crippen MR) is 112 cm³/mol. The topological polar surface area (TPSA) is 80.0 Å². The summed E-state index contributed by atoms with van der Waals surface area (Å²) in [7, 11) is 1.40. The highest BCUT2D eigenvalue weighted by atomic mass is 19.1. The van der Waals surface area contributed by atoms with Crippen LogP contribution in [0.5, 0.6) is 5.75 Å². The van der Waals surface area contributed by atoms with E-state index in [0.717, 1.165) is 22.6 Å². The number of ketones is 1. The van der Waals surface area contributed by atoms with Gasteiger partial charge in [-0.2, -0.15) is 0 Å². The van der Waals surface area contributed by atoms with Gasteiger partial charge in [-0.3, -0.25) is 14.5 Å². The highest BCUT2D eigenvalue weighted by molar-refractivity contribution is 6.51. The molecule has 164 valence electrons. The van der Waals surface area contributed by atoms with E-state index in [4.69, 9.17) is 9.15 Å². The first kappa shape index (κ1) is 21.3. The minimum absolute atomic E-state index is 0.138. The van der Waals surface area contributed by atoms with Gasteiger partial charge in [0.2, 0.25) is 0 Å². The number of carbonyl (C=O) groups is 2. The number of aliphatic hydroxyl groups excluding tert-OH is 1. The Balaban J connectivity index is 2.00. The normalized spacial score (nSPS) is 17.8. The van der Waals surface area contributed by atoms with Gasteiger partial charge in [0.1, 0.15) is 40.7 Å². The molecule has 1 atom stereocenters. The maximum atomic E-state index is 14.6. The maximum Gasteiger partial charge on any atom is 0.300 e. The van der Waals surface area contributed by atoms with E-state index in [9.17, 15) is 23.5 Å². The minimum atomic E-state index is -1.27. The highest BCUT2D eigenvalue weighted by Gasteiger charge is 2.49. The molecule has 1 aromatic heterocycles. The number of benzene rings is 2. The van der Waals surface area contributed by atoms with Crippen LogP contribution in [0.1, 0.15) is 28.7 Å². The Morgan fingerprint density at radius 1 is 1.06 bits per heavy atom. The van der Waals surface area contributed by atoms with Crippen molar-refractivity contribution in [2.45, 2.75) is 19.9 Å². The summed E-state index contributed by atoms with van der Waals surface area (Å²) >= 11 is 0. The maximum absolute atomic E-state index is 14.6. The lowest BCUT2D eigenvalue weighted by atomic mass is 9.97. The summed E-state index contributed by atoms with van der Waals surface area (Å²) in [5.41, 5.74) is 0.356. The molecule has 0 aliphatic carbocycles. The average molecular weight is 439 g/mol. The number of aryl methyl sites for hydroxylation is 2. The summed E-state index contributed by atoms with van der Waals surface area (Å²) in [6, 6.07) is 9.51. The predicted octanol–water partition coefficient (Wildman–Crippen LogP) is 4.81. The van der Waals surface area contributed by atoms with Crippen molar-refractivity contribution in [1.29, 1.82) is 0 Å². The first-order valence-electron chi connectivity index (χ1n) is 9.70. The Hall–Kier alpha value is -3.94. The van der Waals surface area contributed by atoms with Crippen LogP contribution < -0.4 is 9.64 Å². The zero-order valence-electron chi connectivity index (χ0n) is 17.5.